The molecule has 1 amide bonds. The Hall–Kier alpha value is -2.63. The second-order valence-corrected chi connectivity index (χ2v) is 7.39. The van der Waals surface area contributed by atoms with E-state index < -0.39 is 0 Å². The van der Waals surface area contributed by atoms with Gasteiger partial charge in [0.1, 0.15) is 18.2 Å². The summed E-state index contributed by atoms with van der Waals surface area (Å²) >= 11 is 0. The number of likely N-dealkylation sites (tertiary alicyclic amines) is 1. The van der Waals surface area contributed by atoms with Gasteiger partial charge in [-0.15, -0.1) is 10.2 Å². The van der Waals surface area contributed by atoms with Gasteiger partial charge in [0.2, 0.25) is 5.91 Å². The molecule has 1 aromatic carbocycles. The molecule has 26 heavy (non-hydrogen) atoms. The topological polar surface area (TPSA) is 56.0 Å². The predicted molar refractivity (Wildman–Crippen MR) is 98.8 cm³/mol. The maximum atomic E-state index is 12.8. The van der Waals surface area contributed by atoms with Crippen LogP contribution in [0.2, 0.25) is 0 Å². The molecule has 6 heteroatoms. The number of amides is 1. The van der Waals surface area contributed by atoms with E-state index in [2.05, 4.69) is 37.5 Å². The average molecular weight is 349 g/mol. The van der Waals surface area contributed by atoms with Gasteiger partial charge in [-0.25, -0.2) is 0 Å². The molecule has 0 N–H and O–H groups in total. The van der Waals surface area contributed by atoms with E-state index in [1.807, 2.05) is 23.2 Å². The van der Waals surface area contributed by atoms with E-state index in [-0.39, 0.29) is 5.91 Å². The van der Waals surface area contributed by atoms with Gasteiger partial charge in [-0.3, -0.25) is 4.79 Å². The lowest BCUT2D eigenvalue weighted by atomic mass is 9.96. The first-order valence-electron chi connectivity index (χ1n) is 9.53. The van der Waals surface area contributed by atoms with Crippen molar-refractivity contribution in [2.75, 3.05) is 13.1 Å². The number of aromatic nitrogens is 4. The molecule has 6 nitrogen and oxygen atoms in total. The van der Waals surface area contributed by atoms with Gasteiger partial charge in [-0.05, 0) is 36.8 Å². The molecule has 0 spiro atoms. The van der Waals surface area contributed by atoms with Gasteiger partial charge in [0.15, 0.2) is 0 Å². The molecule has 4 heterocycles. The average Bonchev–Trinajstić information content (AvgIpc) is 3.38. The van der Waals surface area contributed by atoms with Crippen molar-refractivity contribution < 1.29 is 4.79 Å². The van der Waals surface area contributed by atoms with E-state index in [1.165, 1.54) is 11.8 Å². The minimum Gasteiger partial charge on any atom is -0.341 e. The molecule has 2 aromatic heterocycles. The fourth-order valence-electron chi connectivity index (χ4n) is 4.39. The van der Waals surface area contributed by atoms with E-state index in [1.54, 1.807) is 0 Å². The number of benzene rings is 1. The molecule has 0 aliphatic carbocycles. The number of carbonyl (C=O) groups is 1. The van der Waals surface area contributed by atoms with Crippen LogP contribution in [0.25, 0.3) is 10.9 Å². The third-order valence-corrected chi connectivity index (χ3v) is 5.84. The van der Waals surface area contributed by atoms with Gasteiger partial charge < -0.3 is 14.0 Å². The van der Waals surface area contributed by atoms with Gasteiger partial charge in [0.25, 0.3) is 0 Å². The highest BCUT2D eigenvalue weighted by Gasteiger charge is 2.29. The van der Waals surface area contributed by atoms with Crippen molar-refractivity contribution in [2.45, 2.75) is 44.7 Å². The molecule has 0 saturated carbocycles. The van der Waals surface area contributed by atoms with E-state index in [9.17, 15) is 4.79 Å². The zero-order valence-corrected chi connectivity index (χ0v) is 14.8. The summed E-state index contributed by atoms with van der Waals surface area (Å²) in [6, 6.07) is 10.3. The molecular weight excluding hydrogens is 326 g/mol. The highest BCUT2D eigenvalue weighted by molar-refractivity contribution is 5.83. The molecule has 5 rings (SSSR count). The highest BCUT2D eigenvalue weighted by Crippen LogP contribution is 2.29. The van der Waals surface area contributed by atoms with Crippen LogP contribution in [0.4, 0.5) is 0 Å². The smallest absolute Gasteiger partial charge is 0.242 e. The Morgan fingerprint density at radius 2 is 1.92 bits per heavy atom. The van der Waals surface area contributed by atoms with Crippen LogP contribution in [0, 0.1) is 0 Å². The third-order valence-electron chi connectivity index (χ3n) is 5.84. The third kappa shape index (κ3) is 2.60. The summed E-state index contributed by atoms with van der Waals surface area (Å²) in [6.07, 6.45) is 6.20. The molecule has 2 aliphatic heterocycles. The summed E-state index contributed by atoms with van der Waals surface area (Å²) < 4.78 is 4.35. The van der Waals surface area contributed by atoms with Crippen molar-refractivity contribution in [2.24, 2.45) is 0 Å². The van der Waals surface area contributed by atoms with E-state index in [0.717, 1.165) is 56.1 Å². The van der Waals surface area contributed by atoms with Crippen LogP contribution in [0.5, 0.6) is 0 Å². The Balaban J connectivity index is 1.24. The molecule has 0 radical (unpaired) electrons. The summed E-state index contributed by atoms with van der Waals surface area (Å²) in [5, 5.41) is 9.95. The number of aryl methyl sites for hydroxylation is 1. The minimum absolute atomic E-state index is 0.205. The molecule has 0 atom stereocenters. The predicted octanol–water partition coefficient (Wildman–Crippen LogP) is 2.59. The zero-order chi connectivity index (χ0) is 17.5. The van der Waals surface area contributed by atoms with Crippen molar-refractivity contribution in [1.29, 1.82) is 0 Å². The zero-order valence-electron chi connectivity index (χ0n) is 14.8. The Morgan fingerprint density at radius 1 is 1.08 bits per heavy atom. The van der Waals surface area contributed by atoms with E-state index >= 15 is 0 Å². The van der Waals surface area contributed by atoms with Gasteiger partial charge in [0.05, 0.1) is 0 Å². The van der Waals surface area contributed by atoms with Gasteiger partial charge in [0, 0.05) is 43.7 Å². The van der Waals surface area contributed by atoms with Crippen molar-refractivity contribution in [1.82, 2.24) is 24.2 Å². The van der Waals surface area contributed by atoms with Gasteiger partial charge >= 0.3 is 0 Å². The molecule has 1 fully saturated rings. The van der Waals surface area contributed by atoms with E-state index in [4.69, 9.17) is 0 Å². The fourth-order valence-corrected chi connectivity index (χ4v) is 4.39. The second kappa shape index (κ2) is 6.27. The van der Waals surface area contributed by atoms with Gasteiger partial charge in [-0.1, -0.05) is 18.2 Å². The maximum absolute atomic E-state index is 12.8. The number of fused-ring (bicyclic) bond motifs is 2. The lowest BCUT2D eigenvalue weighted by molar-refractivity contribution is -0.132. The minimum atomic E-state index is 0.205. The maximum Gasteiger partial charge on any atom is 0.242 e. The van der Waals surface area contributed by atoms with E-state index in [0.29, 0.717) is 12.5 Å². The van der Waals surface area contributed by atoms with Crippen LogP contribution in [0.1, 0.15) is 36.8 Å². The number of nitrogens with zero attached hydrogens (tertiary/aromatic N) is 5. The molecular formula is C20H23N5O. The van der Waals surface area contributed by atoms with Crippen molar-refractivity contribution in [3.05, 3.63) is 48.2 Å². The molecule has 0 unspecified atom stereocenters. The Kier molecular flexibility index (Phi) is 3.76. The number of para-hydroxylation sites is 1. The summed E-state index contributed by atoms with van der Waals surface area (Å²) in [7, 11) is 0. The van der Waals surface area contributed by atoms with Crippen LogP contribution >= 0.6 is 0 Å². The number of rotatable bonds is 3. The van der Waals surface area contributed by atoms with Crippen LogP contribution in [0.15, 0.2) is 36.5 Å². The SMILES string of the molecule is O=C(Cn1ccc2ccccc21)N1CCC(c2nnc3n2CCC3)CC1. The first-order valence-corrected chi connectivity index (χ1v) is 9.53. The number of carbonyl (C=O) groups excluding carboxylic acids is 1. The first-order chi connectivity index (χ1) is 12.8. The summed E-state index contributed by atoms with van der Waals surface area (Å²) in [4.78, 5) is 14.8. The lowest BCUT2D eigenvalue weighted by Crippen LogP contribution is -2.40. The summed E-state index contributed by atoms with van der Waals surface area (Å²) in [6.45, 7) is 3.09. The number of hydrogen-bond acceptors (Lipinski definition) is 3. The quantitative estimate of drug-likeness (QED) is 0.730. The Labute approximate surface area is 152 Å². The first kappa shape index (κ1) is 15.6. The van der Waals surface area contributed by atoms with Crippen LogP contribution < -0.4 is 0 Å². The van der Waals surface area contributed by atoms with Crippen molar-refractivity contribution in [3.8, 4) is 0 Å². The highest BCUT2D eigenvalue weighted by atomic mass is 16.2. The monoisotopic (exact) mass is 349 g/mol. The Bertz CT molecular complexity index is 948. The molecule has 1 saturated heterocycles. The molecule has 3 aromatic rings. The van der Waals surface area contributed by atoms with Crippen molar-refractivity contribution >= 4 is 16.8 Å². The van der Waals surface area contributed by atoms with Crippen LogP contribution in [-0.4, -0.2) is 43.2 Å². The molecule has 2 aliphatic rings. The van der Waals surface area contributed by atoms with Crippen LogP contribution in [0.3, 0.4) is 0 Å². The lowest BCUT2D eigenvalue weighted by Gasteiger charge is -2.31. The normalized spacial score (nSPS) is 17.8. The summed E-state index contributed by atoms with van der Waals surface area (Å²) in [5.74, 6) is 2.92. The largest absolute Gasteiger partial charge is 0.341 e. The fraction of sp³-hybridized carbons (Fsp3) is 0.450. The molecule has 134 valence electrons. The summed E-state index contributed by atoms with van der Waals surface area (Å²) in [5.41, 5.74) is 1.12. The molecule has 0 bridgehead atoms. The van der Waals surface area contributed by atoms with Crippen LogP contribution in [-0.2, 0) is 24.3 Å². The number of piperidine rings is 1. The Morgan fingerprint density at radius 3 is 2.81 bits per heavy atom. The second-order valence-electron chi connectivity index (χ2n) is 7.39. The van der Waals surface area contributed by atoms with Gasteiger partial charge in [-0.2, -0.15) is 0 Å². The number of hydrogen-bond donors (Lipinski definition) is 0. The van der Waals surface area contributed by atoms with Crippen molar-refractivity contribution in [3.63, 3.8) is 0 Å². The standard InChI is InChI=1S/C20H23N5O/c26-19(14-24-13-7-15-4-1-2-5-17(15)24)23-11-8-16(9-12-23)20-22-21-18-6-3-10-25(18)20/h1-2,4-5,7,13,16H,3,6,8-12,14H2.